The van der Waals surface area contributed by atoms with Gasteiger partial charge in [0.2, 0.25) is 0 Å². The van der Waals surface area contributed by atoms with Gasteiger partial charge in [0.15, 0.2) is 6.23 Å². The zero-order chi connectivity index (χ0) is 17.4. The van der Waals surface area contributed by atoms with Crippen LogP contribution in [0.15, 0.2) is 18.3 Å². The lowest BCUT2D eigenvalue weighted by Crippen LogP contribution is -2.42. The fourth-order valence-electron chi connectivity index (χ4n) is 1.59. The third kappa shape index (κ3) is 5.09. The number of nitrogens with zero attached hydrogens (tertiary/aromatic N) is 3. The molecule has 0 saturated carbocycles. The maximum Gasteiger partial charge on any atom is 0.510 e. The van der Waals surface area contributed by atoms with E-state index in [-0.39, 0.29) is 24.7 Å². The number of hydrogen-bond donors (Lipinski definition) is 0. The smallest absolute Gasteiger partial charge is 0.449 e. The van der Waals surface area contributed by atoms with Crippen molar-refractivity contribution in [3.63, 3.8) is 0 Å². The van der Waals surface area contributed by atoms with E-state index in [0.29, 0.717) is 0 Å². The minimum Gasteiger partial charge on any atom is -0.449 e. The van der Waals surface area contributed by atoms with E-state index in [4.69, 9.17) is 9.47 Å². The fourth-order valence-corrected chi connectivity index (χ4v) is 1.59. The van der Waals surface area contributed by atoms with Gasteiger partial charge in [0.05, 0.1) is 18.1 Å². The summed E-state index contributed by atoms with van der Waals surface area (Å²) in [6, 6.07) is 2.42. The number of carbonyl (C=O) groups is 2. The van der Waals surface area contributed by atoms with Crippen LogP contribution in [0.2, 0.25) is 0 Å². The standard InChI is InChI=1S/C13H17N3O7/c1-4-21-12(17)15(9(3)23-13(18)22-5-2)11-7-6-10(8-14-11)16(19)20/h6-9H,4-5H2,1-3H3. The summed E-state index contributed by atoms with van der Waals surface area (Å²) in [7, 11) is 0. The van der Waals surface area contributed by atoms with E-state index in [2.05, 4.69) is 9.72 Å². The van der Waals surface area contributed by atoms with Gasteiger partial charge in [-0.1, -0.05) is 0 Å². The Morgan fingerprint density at radius 3 is 2.43 bits per heavy atom. The third-order valence-corrected chi connectivity index (χ3v) is 2.55. The Morgan fingerprint density at radius 1 is 1.30 bits per heavy atom. The second kappa shape index (κ2) is 8.51. The van der Waals surface area contributed by atoms with E-state index in [1.165, 1.54) is 19.1 Å². The highest BCUT2D eigenvalue weighted by Gasteiger charge is 2.28. The summed E-state index contributed by atoms with van der Waals surface area (Å²) >= 11 is 0. The molecular weight excluding hydrogens is 310 g/mol. The molecule has 0 aliphatic heterocycles. The van der Waals surface area contributed by atoms with Crippen LogP contribution in [0.3, 0.4) is 0 Å². The predicted octanol–water partition coefficient (Wildman–Crippen LogP) is 2.47. The number of nitro groups is 1. The Bertz CT molecular complexity index is 561. The molecule has 0 aliphatic carbocycles. The predicted molar refractivity (Wildman–Crippen MR) is 78.0 cm³/mol. The highest BCUT2D eigenvalue weighted by atomic mass is 16.7. The summed E-state index contributed by atoms with van der Waals surface area (Å²) in [4.78, 5) is 38.2. The SMILES string of the molecule is CCOC(=O)OC(C)N(C(=O)OCC)c1ccc([N+](=O)[O-])cn1. The van der Waals surface area contributed by atoms with E-state index < -0.39 is 23.4 Å². The van der Waals surface area contributed by atoms with Gasteiger partial charge in [0, 0.05) is 6.07 Å². The molecule has 1 unspecified atom stereocenters. The number of hydrogen-bond acceptors (Lipinski definition) is 8. The number of pyridine rings is 1. The molecule has 0 radical (unpaired) electrons. The lowest BCUT2D eigenvalue weighted by molar-refractivity contribution is -0.385. The molecule has 0 aliphatic rings. The normalized spacial score (nSPS) is 11.3. The molecule has 23 heavy (non-hydrogen) atoms. The number of rotatable bonds is 6. The minimum absolute atomic E-state index is 0.0332. The van der Waals surface area contributed by atoms with Gasteiger partial charge in [-0.3, -0.25) is 10.1 Å². The third-order valence-electron chi connectivity index (χ3n) is 2.55. The number of amides is 1. The first-order valence-corrected chi connectivity index (χ1v) is 6.80. The molecule has 10 heteroatoms. The van der Waals surface area contributed by atoms with Gasteiger partial charge < -0.3 is 14.2 Å². The minimum atomic E-state index is -1.08. The Kier molecular flexibility index (Phi) is 6.71. The Balaban J connectivity index is 3.02. The van der Waals surface area contributed by atoms with Crippen LogP contribution in [0.25, 0.3) is 0 Å². The first-order valence-electron chi connectivity index (χ1n) is 6.80. The molecule has 1 amide bonds. The van der Waals surface area contributed by atoms with Crippen molar-refractivity contribution in [3.8, 4) is 0 Å². The maximum atomic E-state index is 12.0. The van der Waals surface area contributed by atoms with Crippen molar-refractivity contribution in [1.29, 1.82) is 0 Å². The van der Waals surface area contributed by atoms with Crippen LogP contribution in [-0.2, 0) is 14.2 Å². The fraction of sp³-hybridized carbons (Fsp3) is 0.462. The second-order valence-electron chi connectivity index (χ2n) is 4.10. The lowest BCUT2D eigenvalue weighted by Gasteiger charge is -2.26. The van der Waals surface area contributed by atoms with Gasteiger partial charge in [-0.05, 0) is 26.8 Å². The topological polar surface area (TPSA) is 121 Å². The van der Waals surface area contributed by atoms with Crippen molar-refractivity contribution >= 4 is 23.8 Å². The van der Waals surface area contributed by atoms with Crippen molar-refractivity contribution in [2.24, 2.45) is 0 Å². The Labute approximate surface area is 132 Å². The summed E-state index contributed by atoms with van der Waals surface area (Å²) in [6.45, 7) is 4.83. The van der Waals surface area contributed by atoms with Crippen molar-refractivity contribution in [2.75, 3.05) is 18.1 Å². The van der Waals surface area contributed by atoms with Gasteiger partial charge in [-0.15, -0.1) is 0 Å². The van der Waals surface area contributed by atoms with Crippen molar-refractivity contribution in [1.82, 2.24) is 4.98 Å². The van der Waals surface area contributed by atoms with Crippen molar-refractivity contribution in [3.05, 3.63) is 28.4 Å². The van der Waals surface area contributed by atoms with E-state index in [1.54, 1.807) is 13.8 Å². The molecule has 0 fully saturated rings. The highest BCUT2D eigenvalue weighted by molar-refractivity contribution is 5.87. The van der Waals surface area contributed by atoms with Gasteiger partial charge in [0.1, 0.15) is 12.0 Å². The first kappa shape index (κ1) is 18.1. The van der Waals surface area contributed by atoms with E-state index in [0.717, 1.165) is 11.1 Å². The molecule has 1 rings (SSSR count). The van der Waals surface area contributed by atoms with Crippen molar-refractivity contribution in [2.45, 2.75) is 27.0 Å². The van der Waals surface area contributed by atoms with Crippen molar-refractivity contribution < 1.29 is 28.7 Å². The van der Waals surface area contributed by atoms with E-state index in [1.807, 2.05) is 0 Å². The average molecular weight is 327 g/mol. The molecule has 0 bridgehead atoms. The Hall–Kier alpha value is -2.91. The molecular formula is C13H17N3O7. The van der Waals surface area contributed by atoms with E-state index >= 15 is 0 Å². The largest absolute Gasteiger partial charge is 0.510 e. The Morgan fingerprint density at radius 2 is 1.96 bits per heavy atom. The molecule has 0 spiro atoms. The van der Waals surface area contributed by atoms with Crippen LogP contribution >= 0.6 is 0 Å². The summed E-state index contributed by atoms with van der Waals surface area (Å²) < 4.78 is 14.5. The molecule has 1 atom stereocenters. The molecule has 0 aromatic carbocycles. The van der Waals surface area contributed by atoms with Gasteiger partial charge in [-0.2, -0.15) is 0 Å². The number of anilines is 1. The number of aromatic nitrogens is 1. The van der Waals surface area contributed by atoms with Crippen LogP contribution in [0.1, 0.15) is 20.8 Å². The number of carbonyl (C=O) groups excluding carboxylic acids is 2. The van der Waals surface area contributed by atoms with E-state index in [9.17, 15) is 19.7 Å². The molecule has 1 aromatic rings. The summed E-state index contributed by atoms with van der Waals surface area (Å²) in [5.74, 6) is 0.0332. The van der Waals surface area contributed by atoms with Crippen LogP contribution in [0, 0.1) is 10.1 Å². The zero-order valence-electron chi connectivity index (χ0n) is 12.9. The lowest BCUT2D eigenvalue weighted by atomic mass is 10.4. The van der Waals surface area contributed by atoms with Gasteiger partial charge in [-0.25, -0.2) is 19.5 Å². The molecule has 10 nitrogen and oxygen atoms in total. The second-order valence-corrected chi connectivity index (χ2v) is 4.10. The molecule has 126 valence electrons. The summed E-state index contributed by atoms with van der Waals surface area (Å²) in [6.07, 6.45) is -1.87. The summed E-state index contributed by atoms with van der Waals surface area (Å²) in [5, 5.41) is 10.6. The van der Waals surface area contributed by atoms with Crippen LogP contribution < -0.4 is 4.90 Å². The molecule has 1 heterocycles. The van der Waals surface area contributed by atoms with Crippen LogP contribution in [0.5, 0.6) is 0 Å². The molecule has 1 aromatic heterocycles. The number of ether oxygens (including phenoxy) is 3. The van der Waals surface area contributed by atoms with Crippen LogP contribution in [0.4, 0.5) is 21.1 Å². The molecule has 0 N–H and O–H groups in total. The van der Waals surface area contributed by atoms with Gasteiger partial charge >= 0.3 is 12.2 Å². The first-order chi connectivity index (χ1) is 10.9. The average Bonchev–Trinajstić information content (AvgIpc) is 2.48. The monoisotopic (exact) mass is 327 g/mol. The highest BCUT2D eigenvalue weighted by Crippen LogP contribution is 2.19. The quantitative estimate of drug-likeness (QED) is 0.338. The summed E-state index contributed by atoms with van der Waals surface area (Å²) in [5.41, 5.74) is -0.239. The maximum absolute atomic E-state index is 12.0. The molecule has 0 saturated heterocycles. The van der Waals surface area contributed by atoms with Gasteiger partial charge in [0.25, 0.3) is 5.69 Å². The zero-order valence-corrected chi connectivity index (χ0v) is 12.9. The van der Waals surface area contributed by atoms with Crippen LogP contribution in [-0.4, -0.2) is 41.6 Å².